The number of rotatable bonds is 5. The number of nitro groups is 1. The molecule has 0 aliphatic carbocycles. The van der Waals surface area contributed by atoms with Gasteiger partial charge in [-0.1, -0.05) is 46.9 Å². The molecule has 10 heteroatoms. The summed E-state index contributed by atoms with van der Waals surface area (Å²) in [6.07, 6.45) is 1.24. The Kier molecular flexibility index (Phi) is 5.36. The molecule has 0 saturated carbocycles. The zero-order chi connectivity index (χ0) is 17.2. The Bertz CT molecular complexity index is 856. The second-order valence-corrected chi connectivity index (χ2v) is 8.31. The van der Waals surface area contributed by atoms with Crippen molar-refractivity contribution in [1.29, 1.82) is 0 Å². The third-order valence-corrected chi connectivity index (χ3v) is 5.78. The van der Waals surface area contributed by atoms with Gasteiger partial charge in [0, 0.05) is 5.02 Å². The van der Waals surface area contributed by atoms with Gasteiger partial charge in [-0.05, 0) is 29.8 Å². The summed E-state index contributed by atoms with van der Waals surface area (Å²) in [5.41, 5.74) is 0.473. The summed E-state index contributed by atoms with van der Waals surface area (Å²) >= 11 is 16.8. The molecule has 0 aliphatic rings. The Morgan fingerprint density at radius 3 is 2.26 bits per heavy atom. The smallest absolute Gasteiger partial charge is 0.400 e. The van der Waals surface area contributed by atoms with Gasteiger partial charge in [-0.3, -0.25) is 10.1 Å². The molecule has 0 spiro atoms. The lowest BCUT2D eigenvalue weighted by molar-refractivity contribution is -0.402. The SMILES string of the molecule is O=[N+]([O-])c1ccc(/C(=C/c2ccc(Cl)cc2)S(=O)(=O)C(Cl)Cl)o1. The molecule has 0 N–H and O–H groups in total. The molecule has 1 aromatic carbocycles. The van der Waals surface area contributed by atoms with Crippen molar-refractivity contribution < 1.29 is 17.8 Å². The molecule has 0 bridgehead atoms. The van der Waals surface area contributed by atoms with Crippen molar-refractivity contribution >= 4 is 61.5 Å². The quantitative estimate of drug-likeness (QED) is 0.421. The van der Waals surface area contributed by atoms with Crippen molar-refractivity contribution in [2.75, 3.05) is 0 Å². The molecule has 23 heavy (non-hydrogen) atoms. The van der Waals surface area contributed by atoms with E-state index in [0.717, 1.165) is 12.1 Å². The van der Waals surface area contributed by atoms with Crippen LogP contribution in [0.4, 0.5) is 5.88 Å². The van der Waals surface area contributed by atoms with Crippen molar-refractivity contribution in [2.45, 2.75) is 4.17 Å². The average molecular weight is 397 g/mol. The normalized spacial score (nSPS) is 12.6. The van der Waals surface area contributed by atoms with Crippen molar-refractivity contribution in [3.8, 4) is 0 Å². The Balaban J connectivity index is 2.60. The van der Waals surface area contributed by atoms with E-state index < -0.39 is 24.8 Å². The van der Waals surface area contributed by atoms with E-state index >= 15 is 0 Å². The van der Waals surface area contributed by atoms with Crippen molar-refractivity contribution in [2.24, 2.45) is 0 Å². The van der Waals surface area contributed by atoms with Gasteiger partial charge in [-0.25, -0.2) is 8.42 Å². The highest BCUT2D eigenvalue weighted by Gasteiger charge is 2.30. The minimum atomic E-state index is -4.17. The summed E-state index contributed by atoms with van der Waals surface area (Å²) in [7, 11) is -4.17. The van der Waals surface area contributed by atoms with Crippen LogP contribution in [0.2, 0.25) is 5.02 Å². The summed E-state index contributed by atoms with van der Waals surface area (Å²) in [6, 6.07) is 8.44. The van der Waals surface area contributed by atoms with Crippen LogP contribution >= 0.6 is 34.8 Å². The van der Waals surface area contributed by atoms with Gasteiger partial charge in [0.25, 0.3) is 0 Å². The molecule has 0 aliphatic heterocycles. The van der Waals surface area contributed by atoms with E-state index in [0.29, 0.717) is 10.6 Å². The van der Waals surface area contributed by atoms with Crippen LogP contribution in [0.3, 0.4) is 0 Å². The highest BCUT2D eigenvalue weighted by Crippen LogP contribution is 2.33. The van der Waals surface area contributed by atoms with Crippen LogP contribution in [0.5, 0.6) is 0 Å². The maximum atomic E-state index is 12.3. The van der Waals surface area contributed by atoms with E-state index in [-0.39, 0.29) is 10.7 Å². The zero-order valence-corrected chi connectivity index (χ0v) is 14.2. The molecule has 2 rings (SSSR count). The first kappa shape index (κ1) is 17.8. The molecule has 1 heterocycles. The largest absolute Gasteiger partial charge is 0.433 e. The predicted molar refractivity (Wildman–Crippen MR) is 89.1 cm³/mol. The number of benzene rings is 1. The molecule has 0 unspecified atom stereocenters. The first-order valence-corrected chi connectivity index (χ1v) is 8.75. The number of halogens is 3. The third kappa shape index (κ3) is 4.06. The van der Waals surface area contributed by atoms with E-state index in [1.165, 1.54) is 6.08 Å². The van der Waals surface area contributed by atoms with Crippen molar-refractivity contribution in [3.05, 3.63) is 62.9 Å². The lowest BCUT2D eigenvalue weighted by Gasteiger charge is -2.07. The predicted octanol–water partition coefficient (Wildman–Crippen LogP) is 4.52. The van der Waals surface area contributed by atoms with E-state index in [9.17, 15) is 18.5 Å². The van der Waals surface area contributed by atoms with Crippen molar-refractivity contribution in [1.82, 2.24) is 0 Å². The monoisotopic (exact) mass is 395 g/mol. The van der Waals surface area contributed by atoms with Gasteiger partial charge in [-0.15, -0.1) is 0 Å². The molecule has 0 radical (unpaired) electrons. The fourth-order valence-electron chi connectivity index (χ4n) is 1.66. The molecule has 0 fully saturated rings. The van der Waals surface area contributed by atoms with Crippen LogP contribution in [0.15, 0.2) is 40.8 Å². The summed E-state index contributed by atoms with van der Waals surface area (Å²) in [5, 5.41) is 11.2. The second-order valence-electron chi connectivity index (χ2n) is 4.26. The number of hydrogen-bond acceptors (Lipinski definition) is 5. The number of hydrogen-bond donors (Lipinski definition) is 0. The van der Waals surface area contributed by atoms with Crippen LogP contribution < -0.4 is 0 Å². The average Bonchev–Trinajstić information content (AvgIpc) is 2.95. The first-order valence-electron chi connectivity index (χ1n) is 5.95. The number of nitrogens with zero attached hydrogens (tertiary/aromatic N) is 1. The van der Waals surface area contributed by atoms with Crippen molar-refractivity contribution in [3.63, 3.8) is 0 Å². The van der Waals surface area contributed by atoms with E-state index in [4.69, 9.17) is 39.2 Å². The summed E-state index contributed by atoms with van der Waals surface area (Å²) in [6.45, 7) is 0. The van der Waals surface area contributed by atoms with Crippen LogP contribution in [0, 0.1) is 10.1 Å². The summed E-state index contributed by atoms with van der Waals surface area (Å²) in [4.78, 5) is 9.54. The van der Waals surface area contributed by atoms with Gasteiger partial charge in [0.1, 0.15) is 9.83 Å². The molecule has 2 aromatic rings. The van der Waals surface area contributed by atoms with E-state index in [1.807, 2.05) is 0 Å². The van der Waals surface area contributed by atoms with Gasteiger partial charge in [0.05, 0.1) is 6.07 Å². The molecule has 6 nitrogen and oxygen atoms in total. The molecule has 1 aromatic heterocycles. The molecular weight excluding hydrogens is 389 g/mol. The zero-order valence-electron chi connectivity index (χ0n) is 11.1. The fraction of sp³-hybridized carbons (Fsp3) is 0.0769. The highest BCUT2D eigenvalue weighted by molar-refractivity contribution is 8.03. The van der Waals surface area contributed by atoms with Gasteiger partial charge in [0.2, 0.25) is 14.0 Å². The first-order chi connectivity index (χ1) is 10.7. The Morgan fingerprint density at radius 2 is 1.78 bits per heavy atom. The topological polar surface area (TPSA) is 90.4 Å². The number of furan rings is 1. The van der Waals surface area contributed by atoms with Gasteiger partial charge >= 0.3 is 5.88 Å². The van der Waals surface area contributed by atoms with E-state index in [1.54, 1.807) is 24.3 Å². The second kappa shape index (κ2) is 6.92. The minimum absolute atomic E-state index is 0.238. The molecular formula is C13H8Cl3NO5S. The van der Waals surface area contributed by atoms with Crippen LogP contribution in [-0.4, -0.2) is 17.5 Å². The number of alkyl halides is 2. The summed E-state index contributed by atoms with van der Waals surface area (Å²) in [5.74, 6) is -0.837. The lowest BCUT2D eigenvalue weighted by Crippen LogP contribution is -2.10. The van der Waals surface area contributed by atoms with Gasteiger partial charge in [0.15, 0.2) is 5.76 Å². The molecule has 0 saturated heterocycles. The maximum absolute atomic E-state index is 12.3. The third-order valence-electron chi connectivity index (χ3n) is 2.72. The Morgan fingerprint density at radius 1 is 1.17 bits per heavy atom. The van der Waals surface area contributed by atoms with Crippen LogP contribution in [0.1, 0.15) is 11.3 Å². The molecule has 122 valence electrons. The Labute approximate surface area is 146 Å². The van der Waals surface area contributed by atoms with Crippen LogP contribution in [0.25, 0.3) is 11.0 Å². The van der Waals surface area contributed by atoms with Crippen LogP contribution in [-0.2, 0) is 9.84 Å². The maximum Gasteiger partial charge on any atom is 0.433 e. The lowest BCUT2D eigenvalue weighted by atomic mass is 10.2. The summed E-state index contributed by atoms with van der Waals surface area (Å²) < 4.78 is 27.8. The van der Waals surface area contributed by atoms with Gasteiger partial charge < -0.3 is 4.42 Å². The highest BCUT2D eigenvalue weighted by atomic mass is 35.5. The fourth-order valence-corrected chi connectivity index (χ4v) is 3.24. The number of sulfone groups is 1. The van der Waals surface area contributed by atoms with E-state index in [2.05, 4.69) is 0 Å². The molecule has 0 amide bonds. The minimum Gasteiger partial charge on any atom is -0.400 e. The standard InChI is InChI=1S/C13H8Cl3NO5S/c14-9-3-1-8(2-4-9)7-11(23(20,21)13(15)16)10-5-6-12(22-10)17(18)19/h1-7,13H/b11-7-. The molecule has 0 atom stereocenters. The Hall–Kier alpha value is -1.54. The van der Waals surface area contributed by atoms with Gasteiger partial charge in [-0.2, -0.15) is 0 Å².